The molecule has 4 rings (SSSR count). The van der Waals surface area contributed by atoms with E-state index in [-0.39, 0.29) is 39.7 Å². The fourth-order valence-electron chi connectivity index (χ4n) is 3.97. The van der Waals surface area contributed by atoms with E-state index in [0.29, 0.717) is 23.3 Å². The van der Waals surface area contributed by atoms with Crippen molar-refractivity contribution in [3.63, 3.8) is 0 Å². The number of carbonyl (C=O) groups is 2. The number of rotatable bonds is 8. The van der Waals surface area contributed by atoms with Gasteiger partial charge < -0.3 is 9.30 Å². The third kappa shape index (κ3) is 5.99. The van der Waals surface area contributed by atoms with Crippen molar-refractivity contribution in [2.75, 3.05) is 19.7 Å². The van der Waals surface area contributed by atoms with Gasteiger partial charge in [0, 0.05) is 25.2 Å². The summed E-state index contributed by atoms with van der Waals surface area (Å²) in [5.41, 5.74) is 0.750. The van der Waals surface area contributed by atoms with Gasteiger partial charge in [-0.05, 0) is 62.2 Å². The number of esters is 1. The molecule has 11 nitrogen and oxygen atoms in total. The summed E-state index contributed by atoms with van der Waals surface area (Å²) in [6.07, 6.45) is 1.65. The Morgan fingerprint density at radius 2 is 1.68 bits per heavy atom. The first-order valence-corrected chi connectivity index (χ1v) is 15.3. The number of ether oxygens (including phenoxy) is 1. The van der Waals surface area contributed by atoms with Gasteiger partial charge in [-0.25, -0.2) is 22.0 Å². The molecule has 0 spiro atoms. The lowest BCUT2D eigenvalue weighted by molar-refractivity contribution is -0.143. The number of carbonyl (C=O) groups excluding carboxylic acids is 2. The second kappa shape index (κ2) is 10.8. The fraction of sp³-hybridized carbons (Fsp3) is 0.348. The van der Waals surface area contributed by atoms with Crippen LogP contribution in [-0.4, -0.2) is 57.3 Å². The molecule has 1 aromatic heterocycles. The van der Waals surface area contributed by atoms with E-state index in [1.165, 1.54) is 46.8 Å². The fourth-order valence-corrected chi connectivity index (χ4v) is 7.19. The highest BCUT2D eigenvalue weighted by molar-refractivity contribution is 7.89. The SMILES string of the molecule is CCOC(=O)CCn1c(=NC(=O)c2ccc(S(=O)(=O)N3CCCC3)cc2)sc2cc(S(N)(=O)=O)ccc21. The number of primary sulfonamides is 1. The average Bonchev–Trinajstić information content (AvgIpc) is 3.51. The average molecular weight is 567 g/mol. The van der Waals surface area contributed by atoms with E-state index >= 15 is 0 Å². The van der Waals surface area contributed by atoms with Crippen molar-refractivity contribution in [3.8, 4) is 0 Å². The predicted octanol–water partition coefficient (Wildman–Crippen LogP) is 1.83. The normalized spacial score (nSPS) is 15.4. The molecule has 3 aromatic rings. The lowest BCUT2D eigenvalue weighted by Gasteiger charge is -2.15. The Bertz CT molecular complexity index is 1620. The van der Waals surface area contributed by atoms with Crippen molar-refractivity contribution in [2.45, 2.75) is 42.5 Å². The summed E-state index contributed by atoms with van der Waals surface area (Å²) in [5, 5.41) is 5.25. The van der Waals surface area contributed by atoms with Crippen LogP contribution in [0.3, 0.4) is 0 Å². The number of fused-ring (bicyclic) bond motifs is 1. The Balaban J connectivity index is 1.70. The van der Waals surface area contributed by atoms with E-state index in [0.717, 1.165) is 24.2 Å². The van der Waals surface area contributed by atoms with E-state index in [2.05, 4.69) is 4.99 Å². The highest BCUT2D eigenvalue weighted by atomic mass is 32.2. The molecule has 1 amide bonds. The van der Waals surface area contributed by atoms with Crippen LogP contribution >= 0.6 is 11.3 Å². The van der Waals surface area contributed by atoms with Crippen molar-refractivity contribution < 1.29 is 31.2 Å². The number of hydrogen-bond donors (Lipinski definition) is 1. The molecule has 0 atom stereocenters. The molecule has 1 aliphatic heterocycles. The van der Waals surface area contributed by atoms with Gasteiger partial charge in [-0.2, -0.15) is 9.30 Å². The van der Waals surface area contributed by atoms with Crippen LogP contribution in [-0.2, 0) is 36.1 Å². The molecule has 1 aliphatic rings. The van der Waals surface area contributed by atoms with Crippen molar-refractivity contribution in [2.24, 2.45) is 10.1 Å². The molecule has 1 saturated heterocycles. The van der Waals surface area contributed by atoms with Crippen molar-refractivity contribution in [3.05, 3.63) is 52.8 Å². The number of thiazole rings is 1. The second-order valence-electron chi connectivity index (χ2n) is 8.32. The maximum atomic E-state index is 13.0. The maximum absolute atomic E-state index is 13.0. The number of hydrogen-bond acceptors (Lipinski definition) is 8. The van der Waals surface area contributed by atoms with E-state index < -0.39 is 31.9 Å². The molecule has 0 aliphatic carbocycles. The van der Waals surface area contributed by atoms with Crippen LogP contribution in [0.1, 0.15) is 36.5 Å². The molecule has 2 N–H and O–H groups in total. The van der Waals surface area contributed by atoms with Crippen LogP contribution < -0.4 is 9.94 Å². The van der Waals surface area contributed by atoms with Crippen LogP contribution in [0.5, 0.6) is 0 Å². The molecular weight excluding hydrogens is 540 g/mol. The van der Waals surface area contributed by atoms with Crippen molar-refractivity contribution >= 4 is 53.5 Å². The van der Waals surface area contributed by atoms with Crippen molar-refractivity contribution in [1.29, 1.82) is 0 Å². The smallest absolute Gasteiger partial charge is 0.307 e. The quantitative estimate of drug-likeness (QED) is 0.407. The second-order valence-corrected chi connectivity index (χ2v) is 12.8. The van der Waals surface area contributed by atoms with Gasteiger partial charge in [0.25, 0.3) is 5.91 Å². The molecule has 2 heterocycles. The first kappa shape index (κ1) is 27.1. The first-order chi connectivity index (χ1) is 17.5. The largest absolute Gasteiger partial charge is 0.466 e. The minimum atomic E-state index is -3.95. The number of benzene rings is 2. The van der Waals surface area contributed by atoms with E-state index in [4.69, 9.17) is 9.88 Å². The number of nitrogens with two attached hydrogens (primary N) is 1. The van der Waals surface area contributed by atoms with Crippen molar-refractivity contribution in [1.82, 2.24) is 8.87 Å². The van der Waals surface area contributed by atoms with Gasteiger partial charge in [0.1, 0.15) is 0 Å². The van der Waals surface area contributed by atoms with Gasteiger partial charge in [0.05, 0.1) is 33.0 Å². The van der Waals surface area contributed by atoms with Crippen LogP contribution in [0.2, 0.25) is 0 Å². The Hall–Kier alpha value is -2.91. The standard InChI is InChI=1S/C23H26N4O7S3/c1-2-34-21(28)11-14-27-19-10-9-18(36(24,30)31)15-20(19)35-23(27)25-22(29)16-5-7-17(8-6-16)37(32,33)26-12-3-4-13-26/h5-10,15H,2-4,11-14H2,1H3,(H2,24,30,31). The third-order valence-electron chi connectivity index (χ3n) is 5.83. The summed E-state index contributed by atoms with van der Waals surface area (Å²) in [7, 11) is -7.56. The van der Waals surface area contributed by atoms with Crippen LogP contribution in [0.4, 0.5) is 0 Å². The van der Waals surface area contributed by atoms with Crippen LogP contribution in [0, 0.1) is 0 Å². The van der Waals surface area contributed by atoms with Gasteiger partial charge in [0.2, 0.25) is 20.0 Å². The minimum absolute atomic E-state index is 0.0149. The zero-order chi connectivity index (χ0) is 26.8. The maximum Gasteiger partial charge on any atom is 0.307 e. The Morgan fingerprint density at radius 1 is 1.03 bits per heavy atom. The van der Waals surface area contributed by atoms with Gasteiger partial charge >= 0.3 is 5.97 Å². The highest BCUT2D eigenvalue weighted by Gasteiger charge is 2.27. The first-order valence-electron chi connectivity index (χ1n) is 11.5. The van der Waals surface area contributed by atoms with E-state index in [1.54, 1.807) is 11.5 Å². The summed E-state index contributed by atoms with van der Waals surface area (Å²) < 4.78 is 57.6. The number of sulfonamides is 2. The Kier molecular flexibility index (Phi) is 7.94. The molecule has 0 unspecified atom stereocenters. The molecule has 0 bridgehead atoms. The molecule has 37 heavy (non-hydrogen) atoms. The molecule has 198 valence electrons. The predicted molar refractivity (Wildman–Crippen MR) is 137 cm³/mol. The third-order valence-corrected chi connectivity index (χ3v) is 9.69. The number of amides is 1. The van der Waals surface area contributed by atoms with E-state index in [9.17, 15) is 26.4 Å². The molecule has 0 radical (unpaired) electrons. The lowest BCUT2D eigenvalue weighted by Crippen LogP contribution is -2.27. The number of aryl methyl sites for hydroxylation is 1. The summed E-state index contributed by atoms with van der Waals surface area (Å²) >= 11 is 1.07. The zero-order valence-electron chi connectivity index (χ0n) is 20.0. The minimum Gasteiger partial charge on any atom is -0.466 e. The summed E-state index contributed by atoms with van der Waals surface area (Å²) in [6.45, 7) is 3.02. The zero-order valence-corrected chi connectivity index (χ0v) is 22.4. The van der Waals surface area contributed by atoms with E-state index in [1.807, 2.05) is 0 Å². The van der Waals surface area contributed by atoms with Crippen LogP contribution in [0.15, 0.2) is 57.2 Å². The number of nitrogens with zero attached hydrogens (tertiary/aromatic N) is 3. The van der Waals surface area contributed by atoms with Crippen LogP contribution in [0.25, 0.3) is 10.2 Å². The molecule has 1 fully saturated rings. The molecule has 14 heteroatoms. The molecule has 2 aromatic carbocycles. The molecular formula is C23H26N4O7S3. The topological polar surface area (TPSA) is 158 Å². The highest BCUT2D eigenvalue weighted by Crippen LogP contribution is 2.23. The van der Waals surface area contributed by atoms with Gasteiger partial charge in [-0.15, -0.1) is 0 Å². The summed E-state index contributed by atoms with van der Waals surface area (Å²) in [5.74, 6) is -1.05. The summed E-state index contributed by atoms with van der Waals surface area (Å²) in [6, 6.07) is 9.85. The molecule has 0 saturated carbocycles. The Labute approximate surface area is 218 Å². The Morgan fingerprint density at radius 3 is 2.30 bits per heavy atom. The monoisotopic (exact) mass is 566 g/mol. The lowest BCUT2D eigenvalue weighted by atomic mass is 10.2. The summed E-state index contributed by atoms with van der Waals surface area (Å²) in [4.78, 5) is 29.4. The van der Waals surface area contributed by atoms with Gasteiger partial charge in [-0.1, -0.05) is 11.3 Å². The number of aromatic nitrogens is 1. The van der Waals surface area contributed by atoms with Gasteiger partial charge in [0.15, 0.2) is 4.80 Å². The van der Waals surface area contributed by atoms with Gasteiger partial charge in [-0.3, -0.25) is 9.59 Å².